The Balaban J connectivity index is 1.46. The molecule has 0 radical (unpaired) electrons. The van der Waals surface area contributed by atoms with Gasteiger partial charge in [0.2, 0.25) is 0 Å². The predicted octanol–water partition coefficient (Wildman–Crippen LogP) is 2.69. The maximum absolute atomic E-state index is 5.48. The van der Waals surface area contributed by atoms with Gasteiger partial charge in [-0.2, -0.15) is 0 Å². The van der Waals surface area contributed by atoms with Crippen LogP contribution in [0, 0.1) is 19.8 Å². The van der Waals surface area contributed by atoms with E-state index in [1.165, 1.54) is 35.1 Å². The van der Waals surface area contributed by atoms with Crippen molar-refractivity contribution in [2.24, 2.45) is 5.92 Å². The Labute approximate surface area is 164 Å². The molecule has 5 rings (SSSR count). The molecule has 1 aliphatic carbocycles. The number of thiophene rings is 1. The number of ether oxygens (including phenoxy) is 1. The summed E-state index contributed by atoms with van der Waals surface area (Å²) in [5, 5.41) is 8.76. The monoisotopic (exact) mass is 387 g/mol. The summed E-state index contributed by atoms with van der Waals surface area (Å²) in [5.41, 5.74) is 1.33. The van der Waals surface area contributed by atoms with Gasteiger partial charge in [0.25, 0.3) is 0 Å². The molecule has 2 aromatic rings. The number of hydrogen-bond donors (Lipinski definition) is 2. The van der Waals surface area contributed by atoms with E-state index < -0.39 is 0 Å². The highest BCUT2D eigenvalue weighted by Gasteiger charge is 2.39. The highest BCUT2D eigenvalue weighted by Crippen LogP contribution is 2.38. The molecule has 3 atom stereocenters. The number of aromatic nitrogens is 2. The van der Waals surface area contributed by atoms with Crippen LogP contribution in [0.3, 0.4) is 0 Å². The van der Waals surface area contributed by atoms with E-state index in [0.717, 1.165) is 61.8 Å². The fraction of sp³-hybridized carbons (Fsp3) is 0.700. The second-order valence-electron chi connectivity index (χ2n) is 8.18. The van der Waals surface area contributed by atoms with Crippen molar-refractivity contribution in [3.63, 3.8) is 0 Å². The molecule has 7 heteroatoms. The zero-order valence-electron chi connectivity index (χ0n) is 16.3. The Morgan fingerprint density at radius 3 is 2.81 bits per heavy atom. The van der Waals surface area contributed by atoms with Crippen LogP contribution < -0.4 is 10.6 Å². The molecular weight excluding hydrogens is 358 g/mol. The van der Waals surface area contributed by atoms with E-state index in [9.17, 15) is 0 Å². The van der Waals surface area contributed by atoms with Crippen molar-refractivity contribution >= 4 is 27.4 Å². The fourth-order valence-corrected chi connectivity index (χ4v) is 5.73. The number of morpholine rings is 1. The first-order valence-electron chi connectivity index (χ1n) is 10.3. The van der Waals surface area contributed by atoms with Crippen molar-refractivity contribution in [3.8, 4) is 0 Å². The van der Waals surface area contributed by atoms with Crippen LogP contribution >= 0.6 is 11.3 Å². The summed E-state index contributed by atoms with van der Waals surface area (Å²) in [6.45, 7) is 9.86. The molecular formula is C20H29N5OS. The second-order valence-corrected chi connectivity index (χ2v) is 9.38. The molecule has 2 aliphatic heterocycles. The Hall–Kier alpha value is -1.28. The molecule has 4 heterocycles. The number of nitrogens with one attached hydrogen (secondary N) is 2. The summed E-state index contributed by atoms with van der Waals surface area (Å²) >= 11 is 1.80. The molecule has 27 heavy (non-hydrogen) atoms. The Bertz CT molecular complexity index is 831. The molecule has 2 saturated heterocycles. The van der Waals surface area contributed by atoms with Crippen molar-refractivity contribution in [3.05, 3.63) is 16.3 Å². The molecule has 3 unspecified atom stereocenters. The molecule has 0 bridgehead atoms. The SMILES string of the molecule is Cc1sc2nc(CN3CCOCC3)nc(NC3CCNC4CCC43)c2c1C. The molecule has 1 saturated carbocycles. The van der Waals surface area contributed by atoms with E-state index in [1.54, 1.807) is 11.3 Å². The van der Waals surface area contributed by atoms with E-state index in [2.05, 4.69) is 29.4 Å². The van der Waals surface area contributed by atoms with E-state index in [0.29, 0.717) is 12.1 Å². The van der Waals surface area contributed by atoms with Crippen molar-refractivity contribution < 1.29 is 4.74 Å². The summed E-state index contributed by atoms with van der Waals surface area (Å²) in [6, 6.07) is 1.23. The van der Waals surface area contributed by atoms with E-state index >= 15 is 0 Å². The van der Waals surface area contributed by atoms with Crippen LogP contribution in [0.4, 0.5) is 5.82 Å². The first kappa shape index (κ1) is 17.8. The molecule has 0 amide bonds. The second kappa shape index (κ2) is 7.28. The number of rotatable bonds is 4. The van der Waals surface area contributed by atoms with Crippen LogP contribution in [-0.4, -0.2) is 59.8 Å². The minimum Gasteiger partial charge on any atom is -0.379 e. The third-order valence-corrected chi connectivity index (χ3v) is 7.67. The number of nitrogens with zero attached hydrogens (tertiary/aromatic N) is 3. The largest absolute Gasteiger partial charge is 0.379 e. The minimum atomic E-state index is 0.527. The highest BCUT2D eigenvalue weighted by atomic mass is 32.1. The number of fused-ring (bicyclic) bond motifs is 2. The van der Waals surface area contributed by atoms with Crippen LogP contribution in [0.15, 0.2) is 0 Å². The van der Waals surface area contributed by atoms with Gasteiger partial charge in [-0.1, -0.05) is 0 Å². The summed E-state index contributed by atoms with van der Waals surface area (Å²) in [5.74, 6) is 2.74. The first-order valence-corrected chi connectivity index (χ1v) is 11.1. The van der Waals surface area contributed by atoms with Crippen LogP contribution in [0.1, 0.15) is 35.5 Å². The molecule has 2 N–H and O–H groups in total. The van der Waals surface area contributed by atoms with Gasteiger partial charge < -0.3 is 15.4 Å². The van der Waals surface area contributed by atoms with Crippen LogP contribution in [0.2, 0.25) is 0 Å². The van der Waals surface area contributed by atoms with Crippen molar-refractivity contribution in [2.75, 3.05) is 38.2 Å². The van der Waals surface area contributed by atoms with Gasteiger partial charge in [0.1, 0.15) is 16.5 Å². The van der Waals surface area contributed by atoms with Gasteiger partial charge in [-0.25, -0.2) is 9.97 Å². The van der Waals surface area contributed by atoms with Gasteiger partial charge in [-0.3, -0.25) is 4.90 Å². The number of aryl methyl sites for hydroxylation is 2. The zero-order valence-corrected chi connectivity index (χ0v) is 17.1. The Kier molecular flexibility index (Phi) is 4.80. The van der Waals surface area contributed by atoms with Gasteiger partial charge in [0.15, 0.2) is 0 Å². The van der Waals surface area contributed by atoms with Crippen LogP contribution in [0.5, 0.6) is 0 Å². The average Bonchev–Trinajstić information content (AvgIpc) is 2.92. The van der Waals surface area contributed by atoms with Gasteiger partial charge in [0.05, 0.1) is 25.1 Å². The predicted molar refractivity (Wildman–Crippen MR) is 110 cm³/mol. The van der Waals surface area contributed by atoms with E-state index in [4.69, 9.17) is 14.7 Å². The Morgan fingerprint density at radius 2 is 2.04 bits per heavy atom. The van der Waals surface area contributed by atoms with Gasteiger partial charge in [-0.15, -0.1) is 11.3 Å². The van der Waals surface area contributed by atoms with Gasteiger partial charge >= 0.3 is 0 Å². The lowest BCUT2D eigenvalue weighted by atomic mass is 9.71. The lowest BCUT2D eigenvalue weighted by Crippen LogP contribution is -2.56. The van der Waals surface area contributed by atoms with Crippen molar-refractivity contribution in [1.82, 2.24) is 20.2 Å². The maximum atomic E-state index is 5.48. The third-order valence-electron chi connectivity index (χ3n) is 6.57. The summed E-state index contributed by atoms with van der Waals surface area (Å²) < 4.78 is 5.48. The topological polar surface area (TPSA) is 62.3 Å². The number of piperidine rings is 1. The van der Waals surface area contributed by atoms with E-state index in [-0.39, 0.29) is 0 Å². The molecule has 0 aromatic carbocycles. The molecule has 6 nitrogen and oxygen atoms in total. The molecule has 2 aromatic heterocycles. The average molecular weight is 388 g/mol. The fourth-order valence-electron chi connectivity index (χ4n) is 4.68. The number of hydrogen-bond acceptors (Lipinski definition) is 7. The third kappa shape index (κ3) is 3.35. The number of anilines is 1. The van der Waals surface area contributed by atoms with Crippen molar-refractivity contribution in [2.45, 2.75) is 51.7 Å². The lowest BCUT2D eigenvalue weighted by molar-refractivity contribution is 0.0331. The lowest BCUT2D eigenvalue weighted by Gasteiger charge is -2.47. The Morgan fingerprint density at radius 1 is 1.19 bits per heavy atom. The zero-order chi connectivity index (χ0) is 18.4. The molecule has 3 aliphatic rings. The maximum Gasteiger partial charge on any atom is 0.146 e. The smallest absolute Gasteiger partial charge is 0.146 e. The molecule has 0 spiro atoms. The molecule has 3 fully saturated rings. The van der Waals surface area contributed by atoms with Gasteiger partial charge in [0, 0.05) is 30.1 Å². The standard InChI is InChI=1S/C20H29N5OS/c1-12-13(2)27-20-18(12)19(22-16-5-6-21-15-4-3-14(15)16)23-17(24-20)11-25-7-9-26-10-8-25/h14-16,21H,3-11H2,1-2H3,(H,22,23,24). The normalized spacial score (nSPS) is 28.7. The highest BCUT2D eigenvalue weighted by molar-refractivity contribution is 7.18. The summed E-state index contributed by atoms with van der Waals surface area (Å²) in [7, 11) is 0. The summed E-state index contributed by atoms with van der Waals surface area (Å²) in [6.07, 6.45) is 3.82. The summed E-state index contributed by atoms with van der Waals surface area (Å²) in [4.78, 5) is 14.8. The minimum absolute atomic E-state index is 0.527. The van der Waals surface area contributed by atoms with Gasteiger partial charge in [-0.05, 0) is 51.1 Å². The van der Waals surface area contributed by atoms with Crippen molar-refractivity contribution in [1.29, 1.82) is 0 Å². The van der Waals surface area contributed by atoms with E-state index in [1.807, 2.05) is 0 Å². The van der Waals surface area contributed by atoms with Crippen LogP contribution in [0.25, 0.3) is 10.2 Å². The molecule has 146 valence electrons. The first-order chi connectivity index (χ1) is 13.2. The quantitative estimate of drug-likeness (QED) is 0.841. The van der Waals surface area contributed by atoms with Crippen LogP contribution in [-0.2, 0) is 11.3 Å².